The van der Waals surface area contributed by atoms with Crippen LogP contribution in [-0.2, 0) is 4.79 Å². The van der Waals surface area contributed by atoms with E-state index in [9.17, 15) is 9.90 Å². The van der Waals surface area contributed by atoms with E-state index in [1.165, 1.54) is 16.8 Å². The first kappa shape index (κ1) is 17.5. The number of carboxylic acid groups (broad SMARTS) is 1. The van der Waals surface area contributed by atoms with Crippen LogP contribution in [0.1, 0.15) is 36.8 Å². The summed E-state index contributed by atoms with van der Waals surface area (Å²) < 4.78 is 0. The van der Waals surface area contributed by atoms with Crippen molar-refractivity contribution in [2.24, 2.45) is 0 Å². The SMILES string of the molecule is Cc1cccc(C)c1NCCCCCC(=O)[O-].[Na+]. The number of carboxylic acids is 1. The number of aliphatic carboxylic acids is 1. The maximum atomic E-state index is 10.2. The third-order valence-corrected chi connectivity index (χ3v) is 2.84. The van der Waals surface area contributed by atoms with Crippen LogP contribution in [0.25, 0.3) is 0 Å². The normalized spacial score (nSPS) is 9.67. The van der Waals surface area contributed by atoms with Gasteiger partial charge in [0.1, 0.15) is 0 Å². The van der Waals surface area contributed by atoms with Crippen molar-refractivity contribution in [2.75, 3.05) is 11.9 Å². The Morgan fingerprint density at radius 3 is 2.33 bits per heavy atom. The minimum absolute atomic E-state index is 0. The van der Waals surface area contributed by atoms with Gasteiger partial charge in [-0.25, -0.2) is 0 Å². The number of para-hydroxylation sites is 1. The van der Waals surface area contributed by atoms with E-state index < -0.39 is 5.97 Å². The van der Waals surface area contributed by atoms with Gasteiger partial charge in [-0.05, 0) is 44.2 Å². The Morgan fingerprint density at radius 1 is 1.17 bits per heavy atom. The molecule has 0 unspecified atom stereocenters. The first-order chi connectivity index (χ1) is 8.11. The van der Waals surface area contributed by atoms with Crippen LogP contribution in [0.15, 0.2) is 18.2 Å². The summed E-state index contributed by atoms with van der Waals surface area (Å²) in [6, 6.07) is 6.23. The van der Waals surface area contributed by atoms with Gasteiger partial charge in [0.25, 0.3) is 0 Å². The first-order valence-electron chi connectivity index (χ1n) is 6.11. The number of benzene rings is 1. The maximum absolute atomic E-state index is 10.2. The van der Waals surface area contributed by atoms with Gasteiger partial charge < -0.3 is 15.2 Å². The molecule has 0 saturated carbocycles. The van der Waals surface area contributed by atoms with E-state index >= 15 is 0 Å². The summed E-state index contributed by atoms with van der Waals surface area (Å²) in [6.07, 6.45) is 2.78. The largest absolute Gasteiger partial charge is 1.00 e. The zero-order valence-electron chi connectivity index (χ0n) is 11.6. The fourth-order valence-electron chi connectivity index (χ4n) is 1.88. The molecule has 0 aromatic heterocycles. The molecule has 0 aliphatic carbocycles. The molecule has 1 N–H and O–H groups in total. The molecule has 1 rings (SSSR count). The van der Waals surface area contributed by atoms with Crippen molar-refractivity contribution < 1.29 is 39.5 Å². The maximum Gasteiger partial charge on any atom is 1.00 e. The molecule has 1 aromatic rings. The second-order valence-corrected chi connectivity index (χ2v) is 4.38. The molecule has 0 atom stereocenters. The summed E-state index contributed by atoms with van der Waals surface area (Å²) in [6.45, 7) is 5.07. The van der Waals surface area contributed by atoms with Crippen LogP contribution in [0.2, 0.25) is 0 Å². The van der Waals surface area contributed by atoms with Crippen LogP contribution in [0, 0.1) is 13.8 Å². The number of anilines is 1. The van der Waals surface area contributed by atoms with Gasteiger partial charge in [0.05, 0.1) is 0 Å². The van der Waals surface area contributed by atoms with Gasteiger partial charge in [-0.1, -0.05) is 24.6 Å². The predicted octanol–water partition coefficient (Wildman–Crippen LogP) is -0.970. The average molecular weight is 257 g/mol. The first-order valence-corrected chi connectivity index (χ1v) is 6.11. The van der Waals surface area contributed by atoms with Gasteiger partial charge >= 0.3 is 29.6 Å². The molecule has 4 heteroatoms. The Morgan fingerprint density at radius 2 is 1.78 bits per heavy atom. The topological polar surface area (TPSA) is 52.2 Å². The van der Waals surface area contributed by atoms with Crippen molar-refractivity contribution >= 4 is 11.7 Å². The summed E-state index contributed by atoms with van der Waals surface area (Å²) in [5.41, 5.74) is 3.70. The van der Waals surface area contributed by atoms with Gasteiger partial charge in [-0.2, -0.15) is 0 Å². The molecule has 94 valence electrons. The van der Waals surface area contributed by atoms with Crippen LogP contribution in [0.3, 0.4) is 0 Å². The molecular formula is C14H20NNaO2. The van der Waals surface area contributed by atoms with Crippen molar-refractivity contribution in [2.45, 2.75) is 39.5 Å². The fraction of sp³-hybridized carbons (Fsp3) is 0.500. The van der Waals surface area contributed by atoms with Gasteiger partial charge in [-0.3, -0.25) is 0 Å². The summed E-state index contributed by atoms with van der Waals surface area (Å²) in [5.74, 6) is -0.951. The molecule has 0 spiro atoms. The smallest absolute Gasteiger partial charge is 0.550 e. The van der Waals surface area contributed by atoms with Gasteiger partial charge in [0.2, 0.25) is 0 Å². The van der Waals surface area contributed by atoms with E-state index in [1.807, 2.05) is 0 Å². The van der Waals surface area contributed by atoms with Crippen molar-refractivity contribution in [3.63, 3.8) is 0 Å². The Balaban J connectivity index is 0.00000289. The molecule has 18 heavy (non-hydrogen) atoms. The second kappa shape index (κ2) is 9.42. The van der Waals surface area contributed by atoms with Crippen molar-refractivity contribution in [3.8, 4) is 0 Å². The number of rotatable bonds is 7. The van der Waals surface area contributed by atoms with Gasteiger partial charge in [0, 0.05) is 18.2 Å². The van der Waals surface area contributed by atoms with Gasteiger partial charge in [0.15, 0.2) is 0 Å². The van der Waals surface area contributed by atoms with Crippen molar-refractivity contribution in [1.82, 2.24) is 0 Å². The zero-order chi connectivity index (χ0) is 12.7. The minimum atomic E-state index is -0.951. The molecule has 0 amide bonds. The Hall–Kier alpha value is -0.510. The van der Waals surface area contributed by atoms with Crippen molar-refractivity contribution in [1.29, 1.82) is 0 Å². The summed E-state index contributed by atoms with van der Waals surface area (Å²) in [4.78, 5) is 10.2. The van der Waals surface area contributed by atoms with E-state index in [0.717, 1.165) is 19.4 Å². The third kappa shape index (κ3) is 6.43. The van der Waals surface area contributed by atoms with E-state index in [4.69, 9.17) is 0 Å². The van der Waals surface area contributed by atoms with Gasteiger partial charge in [-0.15, -0.1) is 0 Å². The minimum Gasteiger partial charge on any atom is -0.550 e. The summed E-state index contributed by atoms with van der Waals surface area (Å²) in [7, 11) is 0. The number of carbonyl (C=O) groups excluding carboxylic acids is 1. The van der Waals surface area contributed by atoms with Crippen LogP contribution < -0.4 is 40.0 Å². The Labute approximate surface area is 131 Å². The van der Waals surface area contributed by atoms with Crippen LogP contribution >= 0.6 is 0 Å². The molecule has 0 bridgehead atoms. The van der Waals surface area contributed by atoms with Crippen LogP contribution in [-0.4, -0.2) is 12.5 Å². The predicted molar refractivity (Wildman–Crippen MR) is 67.9 cm³/mol. The average Bonchev–Trinajstić information content (AvgIpc) is 2.26. The number of hydrogen-bond acceptors (Lipinski definition) is 3. The third-order valence-electron chi connectivity index (χ3n) is 2.84. The molecule has 1 aromatic carbocycles. The number of hydrogen-bond donors (Lipinski definition) is 1. The number of carbonyl (C=O) groups is 1. The molecule has 3 nitrogen and oxygen atoms in total. The Kier molecular flexibility index (Phi) is 9.16. The van der Waals surface area contributed by atoms with Crippen molar-refractivity contribution in [3.05, 3.63) is 29.3 Å². The molecule has 0 saturated heterocycles. The van der Waals surface area contributed by atoms with E-state index in [2.05, 4.69) is 37.4 Å². The van der Waals surface area contributed by atoms with Crippen LogP contribution in [0.5, 0.6) is 0 Å². The second-order valence-electron chi connectivity index (χ2n) is 4.38. The molecule has 0 aliphatic heterocycles. The monoisotopic (exact) mass is 257 g/mol. The Bertz CT molecular complexity index is 360. The summed E-state index contributed by atoms with van der Waals surface area (Å²) in [5, 5.41) is 13.6. The zero-order valence-corrected chi connectivity index (χ0v) is 13.6. The molecular weight excluding hydrogens is 237 g/mol. The standard InChI is InChI=1S/C14H21NO2.Na/c1-11-7-6-8-12(2)14(11)15-10-5-3-4-9-13(16)17;/h6-8,15H,3-5,9-10H2,1-2H3,(H,16,17);/q;+1/p-1. The molecule has 0 fully saturated rings. The quantitative estimate of drug-likeness (QED) is 0.505. The van der Waals surface area contributed by atoms with E-state index in [-0.39, 0.29) is 36.0 Å². The molecule has 0 heterocycles. The van der Waals surface area contributed by atoms with E-state index in [1.54, 1.807) is 0 Å². The number of nitrogens with one attached hydrogen (secondary N) is 1. The number of aryl methyl sites for hydroxylation is 2. The van der Waals surface area contributed by atoms with Crippen LogP contribution in [0.4, 0.5) is 5.69 Å². The van der Waals surface area contributed by atoms with E-state index in [0.29, 0.717) is 6.42 Å². The fourth-order valence-corrected chi connectivity index (χ4v) is 1.88. The molecule has 0 radical (unpaired) electrons. The number of unbranched alkanes of at least 4 members (excludes halogenated alkanes) is 2. The molecule has 0 aliphatic rings. The summed E-state index contributed by atoms with van der Waals surface area (Å²) >= 11 is 0.